The molecule has 0 aliphatic carbocycles. The number of hydrogen-bond acceptors (Lipinski definition) is 2. The lowest BCUT2D eigenvalue weighted by molar-refractivity contribution is 0.879. The van der Waals surface area contributed by atoms with Gasteiger partial charge < -0.3 is 4.98 Å². The summed E-state index contributed by atoms with van der Waals surface area (Å²) in [5, 5.41) is 0. The molecule has 0 aromatic carbocycles. The molecular weight excluding hydrogens is 166 g/mol. The molecule has 2 rings (SSSR count). The molecule has 2 heterocycles. The summed E-state index contributed by atoms with van der Waals surface area (Å²) in [5.74, 6) is 0. The van der Waals surface area contributed by atoms with Gasteiger partial charge in [0.25, 0.3) is 0 Å². The first kappa shape index (κ1) is 9.51. The van der Waals surface area contributed by atoms with Crippen molar-refractivity contribution in [2.24, 2.45) is 7.05 Å². The minimum atomic E-state index is -0.126. The zero-order valence-corrected chi connectivity index (χ0v) is 8.03. The van der Waals surface area contributed by atoms with Gasteiger partial charge in [0.2, 0.25) is 0 Å². The number of nitrogens with zero attached hydrogens (tertiary/aromatic N) is 2. The summed E-state index contributed by atoms with van der Waals surface area (Å²) < 4.78 is 1.48. The van der Waals surface area contributed by atoms with Gasteiger partial charge in [-0.05, 0) is 12.1 Å². The first-order valence-electron chi connectivity index (χ1n) is 4.29. The highest BCUT2D eigenvalue weighted by Crippen LogP contribution is 2.02. The van der Waals surface area contributed by atoms with E-state index in [1.807, 2.05) is 19.9 Å². The van der Waals surface area contributed by atoms with Crippen LogP contribution < -0.4 is 5.69 Å². The van der Waals surface area contributed by atoms with Crippen LogP contribution in [0.4, 0.5) is 0 Å². The van der Waals surface area contributed by atoms with Crippen molar-refractivity contribution >= 4 is 11.2 Å². The molecule has 70 valence electrons. The van der Waals surface area contributed by atoms with E-state index in [1.165, 1.54) is 4.57 Å². The molecule has 4 heteroatoms. The van der Waals surface area contributed by atoms with Crippen LogP contribution >= 0.6 is 0 Å². The molecule has 2 aromatic rings. The van der Waals surface area contributed by atoms with Crippen molar-refractivity contribution in [1.29, 1.82) is 0 Å². The van der Waals surface area contributed by atoms with Crippen LogP contribution in [0.15, 0.2) is 23.1 Å². The Labute approximate surface area is 76.2 Å². The predicted octanol–water partition coefficient (Wildman–Crippen LogP) is 1.29. The van der Waals surface area contributed by atoms with Crippen LogP contribution in [0.3, 0.4) is 0 Å². The van der Waals surface area contributed by atoms with E-state index in [2.05, 4.69) is 9.97 Å². The SMILES string of the molecule is CC.Cn1c(=O)[nH]c2cccnc21. The van der Waals surface area contributed by atoms with E-state index < -0.39 is 0 Å². The zero-order chi connectivity index (χ0) is 9.84. The number of H-pyrrole nitrogens is 1. The van der Waals surface area contributed by atoms with Crippen LogP contribution in [-0.4, -0.2) is 14.5 Å². The molecule has 0 amide bonds. The predicted molar refractivity (Wildman–Crippen MR) is 52.7 cm³/mol. The fourth-order valence-corrected chi connectivity index (χ4v) is 1.06. The lowest BCUT2D eigenvalue weighted by atomic mass is 10.4. The summed E-state index contributed by atoms with van der Waals surface area (Å²) in [6.07, 6.45) is 1.66. The fourth-order valence-electron chi connectivity index (χ4n) is 1.06. The van der Waals surface area contributed by atoms with Crippen LogP contribution in [0, 0.1) is 0 Å². The van der Waals surface area contributed by atoms with Crippen molar-refractivity contribution in [2.45, 2.75) is 13.8 Å². The number of imidazole rings is 1. The number of aromatic nitrogens is 3. The van der Waals surface area contributed by atoms with Gasteiger partial charge in [-0.25, -0.2) is 9.78 Å². The molecule has 0 saturated heterocycles. The molecule has 2 aromatic heterocycles. The third kappa shape index (κ3) is 1.61. The van der Waals surface area contributed by atoms with E-state index in [0.717, 1.165) is 5.52 Å². The largest absolute Gasteiger partial charge is 0.327 e. The Balaban J connectivity index is 0.000000396. The molecule has 0 radical (unpaired) electrons. The van der Waals surface area contributed by atoms with Gasteiger partial charge in [-0.15, -0.1) is 0 Å². The molecule has 1 N–H and O–H groups in total. The van der Waals surface area contributed by atoms with Crippen molar-refractivity contribution in [3.05, 3.63) is 28.8 Å². The Morgan fingerprint density at radius 3 is 2.77 bits per heavy atom. The van der Waals surface area contributed by atoms with E-state index in [1.54, 1.807) is 19.3 Å². The normalized spacial score (nSPS) is 9.46. The maximum absolute atomic E-state index is 11.0. The monoisotopic (exact) mass is 179 g/mol. The number of hydrogen-bond donors (Lipinski definition) is 1. The number of aromatic amines is 1. The zero-order valence-electron chi connectivity index (χ0n) is 8.03. The molecule has 0 bridgehead atoms. The number of pyridine rings is 1. The molecule has 0 fully saturated rings. The van der Waals surface area contributed by atoms with Gasteiger partial charge in [0, 0.05) is 13.2 Å². The topological polar surface area (TPSA) is 50.7 Å². The molecule has 0 saturated carbocycles. The van der Waals surface area contributed by atoms with Crippen LogP contribution in [0.25, 0.3) is 11.2 Å². The standard InChI is InChI=1S/C7H7N3O.C2H6/c1-10-6-5(9-7(10)11)3-2-4-8-6;1-2/h2-4H,1H3,(H,9,11);1-2H3. The third-order valence-electron chi connectivity index (χ3n) is 1.65. The van der Waals surface area contributed by atoms with Gasteiger partial charge in [-0.1, -0.05) is 13.8 Å². The Morgan fingerprint density at radius 2 is 2.15 bits per heavy atom. The number of nitrogens with one attached hydrogen (secondary N) is 1. The van der Waals surface area contributed by atoms with Crippen LogP contribution in [0.1, 0.15) is 13.8 Å². The van der Waals surface area contributed by atoms with Gasteiger partial charge in [-0.2, -0.15) is 0 Å². The molecule has 0 aliphatic heterocycles. The maximum atomic E-state index is 11.0. The van der Waals surface area contributed by atoms with Gasteiger partial charge in [0.15, 0.2) is 5.65 Å². The molecule has 0 atom stereocenters. The van der Waals surface area contributed by atoms with E-state index in [4.69, 9.17) is 0 Å². The highest BCUT2D eigenvalue weighted by Gasteiger charge is 2.00. The van der Waals surface area contributed by atoms with E-state index in [-0.39, 0.29) is 5.69 Å². The van der Waals surface area contributed by atoms with Crippen molar-refractivity contribution in [1.82, 2.24) is 14.5 Å². The van der Waals surface area contributed by atoms with Crippen molar-refractivity contribution in [2.75, 3.05) is 0 Å². The Bertz CT molecular complexity index is 441. The highest BCUT2D eigenvalue weighted by molar-refractivity contribution is 5.69. The lowest BCUT2D eigenvalue weighted by Gasteiger charge is -1.88. The molecular formula is C9H13N3O. The second-order valence-electron chi connectivity index (χ2n) is 2.36. The Hall–Kier alpha value is -1.58. The minimum absolute atomic E-state index is 0.126. The van der Waals surface area contributed by atoms with E-state index in [0.29, 0.717) is 5.65 Å². The Kier molecular flexibility index (Phi) is 2.84. The van der Waals surface area contributed by atoms with Crippen molar-refractivity contribution in [3.63, 3.8) is 0 Å². The molecule has 4 nitrogen and oxygen atoms in total. The summed E-state index contributed by atoms with van der Waals surface area (Å²) in [5.41, 5.74) is 1.34. The molecule has 0 aliphatic rings. The highest BCUT2D eigenvalue weighted by atomic mass is 16.1. The average molecular weight is 179 g/mol. The van der Waals surface area contributed by atoms with Gasteiger partial charge in [-0.3, -0.25) is 4.57 Å². The van der Waals surface area contributed by atoms with Crippen molar-refractivity contribution < 1.29 is 0 Å². The molecule has 13 heavy (non-hydrogen) atoms. The maximum Gasteiger partial charge on any atom is 0.327 e. The summed E-state index contributed by atoms with van der Waals surface area (Å²) in [4.78, 5) is 17.7. The van der Waals surface area contributed by atoms with Crippen LogP contribution in [-0.2, 0) is 7.05 Å². The number of aryl methyl sites for hydroxylation is 1. The minimum Gasteiger partial charge on any atom is -0.304 e. The fraction of sp³-hybridized carbons (Fsp3) is 0.333. The number of rotatable bonds is 0. The summed E-state index contributed by atoms with van der Waals surface area (Å²) in [6, 6.07) is 3.61. The van der Waals surface area contributed by atoms with E-state index in [9.17, 15) is 4.79 Å². The van der Waals surface area contributed by atoms with Gasteiger partial charge in [0.05, 0.1) is 5.52 Å². The summed E-state index contributed by atoms with van der Waals surface area (Å²) in [7, 11) is 1.69. The molecule has 0 unspecified atom stereocenters. The smallest absolute Gasteiger partial charge is 0.304 e. The second-order valence-corrected chi connectivity index (χ2v) is 2.36. The van der Waals surface area contributed by atoms with Crippen LogP contribution in [0.5, 0.6) is 0 Å². The average Bonchev–Trinajstić information content (AvgIpc) is 2.47. The first-order chi connectivity index (χ1) is 6.29. The summed E-state index contributed by atoms with van der Waals surface area (Å²) in [6.45, 7) is 4.00. The third-order valence-corrected chi connectivity index (χ3v) is 1.65. The summed E-state index contributed by atoms with van der Waals surface area (Å²) >= 11 is 0. The number of fused-ring (bicyclic) bond motifs is 1. The second kappa shape index (κ2) is 3.89. The van der Waals surface area contributed by atoms with Gasteiger partial charge in [0.1, 0.15) is 0 Å². The molecule has 0 spiro atoms. The van der Waals surface area contributed by atoms with E-state index >= 15 is 0 Å². The quantitative estimate of drug-likeness (QED) is 0.662. The van der Waals surface area contributed by atoms with Crippen LogP contribution in [0.2, 0.25) is 0 Å². The first-order valence-corrected chi connectivity index (χ1v) is 4.29. The Morgan fingerprint density at radius 1 is 1.46 bits per heavy atom. The lowest BCUT2D eigenvalue weighted by Crippen LogP contribution is -2.12. The van der Waals surface area contributed by atoms with Gasteiger partial charge >= 0.3 is 5.69 Å². The van der Waals surface area contributed by atoms with Crippen molar-refractivity contribution in [3.8, 4) is 0 Å².